The molecule has 0 saturated heterocycles. The lowest BCUT2D eigenvalue weighted by Gasteiger charge is -2.17. The number of H-pyrrole nitrogens is 1. The molecular formula is C17H17ClN4O2S2. The molecule has 26 heavy (non-hydrogen) atoms. The summed E-state index contributed by atoms with van der Waals surface area (Å²) in [6, 6.07) is 11.1. The monoisotopic (exact) mass is 408 g/mol. The lowest BCUT2D eigenvalue weighted by Crippen LogP contribution is -2.32. The molecule has 1 N–H and O–H groups in total. The Kier molecular flexibility index (Phi) is 6.54. The van der Waals surface area contributed by atoms with Crippen LogP contribution in [-0.2, 0) is 4.79 Å². The lowest BCUT2D eigenvalue weighted by atomic mass is 10.3. The first kappa shape index (κ1) is 18.8. The van der Waals surface area contributed by atoms with E-state index in [2.05, 4.69) is 15.2 Å². The molecule has 0 aliphatic carbocycles. The number of rotatable bonds is 8. The molecule has 6 nitrogen and oxygen atoms in total. The van der Waals surface area contributed by atoms with Crippen molar-refractivity contribution in [3.05, 3.63) is 46.8 Å². The average molecular weight is 409 g/mol. The lowest BCUT2D eigenvalue weighted by molar-refractivity contribution is -0.127. The van der Waals surface area contributed by atoms with Gasteiger partial charge in [0.1, 0.15) is 12.4 Å². The van der Waals surface area contributed by atoms with Crippen molar-refractivity contribution >= 4 is 40.6 Å². The van der Waals surface area contributed by atoms with E-state index in [1.165, 1.54) is 11.8 Å². The van der Waals surface area contributed by atoms with Gasteiger partial charge in [-0.05, 0) is 35.7 Å². The third-order valence-electron chi connectivity index (χ3n) is 3.48. The van der Waals surface area contributed by atoms with Gasteiger partial charge in [-0.15, -0.1) is 16.4 Å². The average Bonchev–Trinajstić information content (AvgIpc) is 3.32. The molecule has 0 aliphatic rings. The van der Waals surface area contributed by atoms with Gasteiger partial charge in [-0.25, -0.2) is 4.98 Å². The normalized spacial score (nSPS) is 10.7. The number of carbonyl (C=O) groups excluding carboxylic acids is 1. The molecule has 9 heteroatoms. The Morgan fingerprint density at radius 2 is 2.15 bits per heavy atom. The van der Waals surface area contributed by atoms with Crippen molar-refractivity contribution in [1.82, 2.24) is 20.1 Å². The maximum atomic E-state index is 12.2. The van der Waals surface area contributed by atoms with Crippen LogP contribution in [0.2, 0.25) is 5.02 Å². The van der Waals surface area contributed by atoms with Gasteiger partial charge in [0.15, 0.2) is 5.82 Å². The molecular weight excluding hydrogens is 392 g/mol. The van der Waals surface area contributed by atoms with Gasteiger partial charge in [0, 0.05) is 12.1 Å². The Morgan fingerprint density at radius 3 is 2.88 bits per heavy atom. The smallest absolute Gasteiger partial charge is 0.232 e. The molecule has 136 valence electrons. The van der Waals surface area contributed by atoms with Gasteiger partial charge in [0.2, 0.25) is 11.1 Å². The van der Waals surface area contributed by atoms with Crippen molar-refractivity contribution in [2.45, 2.75) is 5.16 Å². The minimum Gasteiger partial charge on any atom is -0.492 e. The zero-order valence-corrected chi connectivity index (χ0v) is 16.4. The second-order valence-corrected chi connectivity index (χ2v) is 7.68. The predicted octanol–water partition coefficient (Wildman–Crippen LogP) is 3.82. The number of nitrogens with zero attached hydrogens (tertiary/aromatic N) is 3. The summed E-state index contributed by atoms with van der Waals surface area (Å²) in [6.45, 7) is 0.911. The number of thiophene rings is 1. The largest absolute Gasteiger partial charge is 0.492 e. The van der Waals surface area contributed by atoms with Crippen LogP contribution in [0.15, 0.2) is 46.9 Å². The molecule has 0 aliphatic heterocycles. The van der Waals surface area contributed by atoms with Gasteiger partial charge in [-0.2, -0.15) is 0 Å². The predicted molar refractivity (Wildman–Crippen MR) is 105 cm³/mol. The molecule has 3 rings (SSSR count). The zero-order chi connectivity index (χ0) is 18.4. The minimum absolute atomic E-state index is 0.00261. The summed E-state index contributed by atoms with van der Waals surface area (Å²) in [5.74, 6) is 1.72. The van der Waals surface area contributed by atoms with Gasteiger partial charge in [0.05, 0.1) is 17.2 Å². The Morgan fingerprint density at radius 1 is 1.35 bits per heavy atom. The molecule has 0 radical (unpaired) electrons. The Bertz CT molecular complexity index is 837. The molecule has 3 aromatic rings. The molecule has 0 saturated carbocycles. The second kappa shape index (κ2) is 9.07. The topological polar surface area (TPSA) is 71.1 Å². The fraction of sp³-hybridized carbons (Fsp3) is 0.235. The number of aromatic nitrogens is 3. The SMILES string of the molecule is CN(CCOc1ccc(Cl)cc1)C(=O)CSc1n[nH]c(-c2cccs2)n1. The van der Waals surface area contributed by atoms with E-state index in [0.717, 1.165) is 16.5 Å². The van der Waals surface area contributed by atoms with Crippen LogP contribution in [0.5, 0.6) is 5.75 Å². The number of carbonyl (C=O) groups is 1. The number of aromatic amines is 1. The van der Waals surface area contributed by atoms with Crippen molar-refractivity contribution in [2.24, 2.45) is 0 Å². The number of benzene rings is 1. The number of amides is 1. The number of hydrogen-bond acceptors (Lipinski definition) is 6. The van der Waals surface area contributed by atoms with Crippen molar-refractivity contribution in [3.8, 4) is 16.5 Å². The first-order valence-electron chi connectivity index (χ1n) is 7.83. The third kappa shape index (κ3) is 5.23. The number of halogens is 1. The van der Waals surface area contributed by atoms with Crippen LogP contribution in [0.4, 0.5) is 0 Å². The van der Waals surface area contributed by atoms with E-state index in [9.17, 15) is 4.79 Å². The number of thioether (sulfide) groups is 1. The van der Waals surface area contributed by atoms with Crippen LogP contribution >= 0.6 is 34.7 Å². The van der Waals surface area contributed by atoms with Crippen LogP contribution in [-0.4, -0.2) is 51.9 Å². The summed E-state index contributed by atoms with van der Waals surface area (Å²) in [6.07, 6.45) is 0. The van der Waals surface area contributed by atoms with E-state index in [4.69, 9.17) is 16.3 Å². The van der Waals surface area contributed by atoms with Crippen molar-refractivity contribution in [1.29, 1.82) is 0 Å². The molecule has 2 aromatic heterocycles. The van der Waals surface area contributed by atoms with Crippen LogP contribution < -0.4 is 4.74 Å². The van der Waals surface area contributed by atoms with Crippen LogP contribution in [0, 0.1) is 0 Å². The van der Waals surface area contributed by atoms with E-state index in [0.29, 0.717) is 23.3 Å². The van der Waals surface area contributed by atoms with E-state index < -0.39 is 0 Å². The quantitative estimate of drug-likeness (QED) is 0.574. The second-order valence-electron chi connectivity index (χ2n) is 5.35. The third-order valence-corrected chi connectivity index (χ3v) is 5.44. The van der Waals surface area contributed by atoms with Crippen LogP contribution in [0.3, 0.4) is 0 Å². The maximum absolute atomic E-state index is 12.2. The number of likely N-dealkylation sites (N-methyl/N-ethyl adjacent to an activating group) is 1. The summed E-state index contributed by atoms with van der Waals surface area (Å²) in [7, 11) is 1.75. The van der Waals surface area contributed by atoms with E-state index in [1.54, 1.807) is 47.5 Å². The summed E-state index contributed by atoms with van der Waals surface area (Å²) < 4.78 is 5.60. The number of hydrogen-bond donors (Lipinski definition) is 1. The molecule has 0 atom stereocenters. The molecule has 0 bridgehead atoms. The van der Waals surface area contributed by atoms with Gasteiger partial charge in [0.25, 0.3) is 0 Å². The first-order valence-corrected chi connectivity index (χ1v) is 10.1. The number of nitrogens with one attached hydrogen (secondary N) is 1. The Hall–Kier alpha value is -2.03. The fourth-order valence-corrected chi connectivity index (χ4v) is 3.56. The van der Waals surface area contributed by atoms with Gasteiger partial charge in [-0.3, -0.25) is 9.89 Å². The summed E-state index contributed by atoms with van der Waals surface area (Å²) in [5.41, 5.74) is 0. The van der Waals surface area contributed by atoms with Crippen LogP contribution in [0.25, 0.3) is 10.7 Å². The van der Waals surface area contributed by atoms with Crippen molar-refractivity contribution in [2.75, 3.05) is 26.0 Å². The summed E-state index contributed by atoms with van der Waals surface area (Å²) >= 11 is 8.73. The highest BCUT2D eigenvalue weighted by Gasteiger charge is 2.12. The first-order chi connectivity index (χ1) is 12.6. The van der Waals surface area contributed by atoms with Crippen molar-refractivity contribution < 1.29 is 9.53 Å². The maximum Gasteiger partial charge on any atom is 0.232 e. The van der Waals surface area contributed by atoms with Crippen LogP contribution in [0.1, 0.15) is 0 Å². The Balaban J connectivity index is 1.40. The van der Waals surface area contributed by atoms with Gasteiger partial charge < -0.3 is 9.64 Å². The molecule has 0 spiro atoms. The summed E-state index contributed by atoms with van der Waals surface area (Å²) in [5, 5.41) is 10.2. The highest BCUT2D eigenvalue weighted by atomic mass is 35.5. The summed E-state index contributed by atoms with van der Waals surface area (Å²) in [4.78, 5) is 19.3. The highest BCUT2D eigenvalue weighted by Crippen LogP contribution is 2.23. The molecule has 1 aromatic carbocycles. The van der Waals surface area contributed by atoms with E-state index in [1.807, 2.05) is 17.5 Å². The molecule has 1 amide bonds. The molecule has 2 heterocycles. The number of ether oxygens (including phenoxy) is 1. The van der Waals surface area contributed by atoms with E-state index in [-0.39, 0.29) is 11.7 Å². The molecule has 0 fully saturated rings. The standard InChI is InChI=1S/C17H17ClN4O2S2/c1-22(8-9-24-13-6-4-12(18)5-7-13)15(23)11-26-17-19-16(20-21-17)14-3-2-10-25-14/h2-7,10H,8-9,11H2,1H3,(H,19,20,21). The van der Waals surface area contributed by atoms with Gasteiger partial charge in [-0.1, -0.05) is 29.4 Å². The zero-order valence-electron chi connectivity index (χ0n) is 14.0. The molecule has 0 unspecified atom stereocenters. The van der Waals surface area contributed by atoms with Gasteiger partial charge >= 0.3 is 0 Å². The highest BCUT2D eigenvalue weighted by molar-refractivity contribution is 7.99. The van der Waals surface area contributed by atoms with E-state index >= 15 is 0 Å². The minimum atomic E-state index is -0.00261. The Labute approximate surface area is 164 Å². The van der Waals surface area contributed by atoms with Crippen molar-refractivity contribution in [3.63, 3.8) is 0 Å². The fourth-order valence-electron chi connectivity index (χ4n) is 2.03.